The van der Waals surface area contributed by atoms with Gasteiger partial charge in [0.1, 0.15) is 11.9 Å². The molecule has 1 aliphatic rings. The maximum Gasteiger partial charge on any atom is 0.246 e. The molecule has 0 bridgehead atoms. The number of nitrogens with one attached hydrogen (secondary N) is 2. The molecule has 0 heterocycles. The summed E-state index contributed by atoms with van der Waals surface area (Å²) in [7, 11) is 0. The van der Waals surface area contributed by atoms with Crippen molar-refractivity contribution in [1.82, 2.24) is 0 Å². The smallest absolute Gasteiger partial charge is 0.246 e. The highest BCUT2D eigenvalue weighted by molar-refractivity contribution is 6.28. The van der Waals surface area contributed by atoms with Crippen molar-refractivity contribution in [2.75, 3.05) is 10.6 Å². The number of anilines is 2. The Morgan fingerprint density at radius 1 is 0.833 bits per heavy atom. The Labute approximate surface area is 172 Å². The van der Waals surface area contributed by atoms with Crippen LogP contribution in [0.1, 0.15) is 44.3 Å². The highest BCUT2D eigenvalue weighted by Gasteiger charge is 2.29. The summed E-state index contributed by atoms with van der Waals surface area (Å²) < 4.78 is 13.7. The Kier molecular flexibility index (Phi) is 4.91. The van der Waals surface area contributed by atoms with E-state index < -0.39 is 6.04 Å². The summed E-state index contributed by atoms with van der Waals surface area (Å²) in [5.74, 6) is -1.18. The van der Waals surface area contributed by atoms with Gasteiger partial charge < -0.3 is 10.6 Å². The zero-order valence-corrected chi connectivity index (χ0v) is 16.5. The van der Waals surface area contributed by atoms with E-state index in [4.69, 9.17) is 0 Å². The molecule has 0 fully saturated rings. The minimum Gasteiger partial charge on any atom is -0.374 e. The molecule has 0 aliphatic heterocycles. The number of aryl methyl sites for hydroxylation is 1. The highest BCUT2D eigenvalue weighted by Crippen LogP contribution is 2.29. The van der Waals surface area contributed by atoms with Crippen LogP contribution in [0, 0.1) is 12.7 Å². The van der Waals surface area contributed by atoms with E-state index in [1.807, 2.05) is 0 Å². The van der Waals surface area contributed by atoms with Crippen molar-refractivity contribution in [1.29, 1.82) is 0 Å². The van der Waals surface area contributed by atoms with Crippen LogP contribution in [-0.2, 0) is 4.79 Å². The van der Waals surface area contributed by atoms with Crippen LogP contribution in [-0.4, -0.2) is 23.5 Å². The average Bonchev–Trinajstić information content (AvgIpc) is 2.74. The number of halogens is 1. The van der Waals surface area contributed by atoms with Crippen molar-refractivity contribution in [3.63, 3.8) is 0 Å². The summed E-state index contributed by atoms with van der Waals surface area (Å²) in [6, 6.07) is 15.4. The lowest BCUT2D eigenvalue weighted by atomic mass is 9.84. The standard InChI is InChI=1S/C24H19FN2O3/c1-13-7-8-16(12-21(13)25)26-14(2)24(30)27-15-9-10-19-20(11-15)23(29)18-6-4-3-5-17(18)22(19)28/h3-12,14,26H,1-2H3,(H,27,30)/t14-/m0/s1. The highest BCUT2D eigenvalue weighted by atomic mass is 19.1. The van der Waals surface area contributed by atoms with Crippen molar-refractivity contribution >= 4 is 28.8 Å². The molecule has 4 rings (SSSR count). The molecule has 2 N–H and O–H groups in total. The predicted octanol–water partition coefficient (Wildman–Crippen LogP) is 4.35. The van der Waals surface area contributed by atoms with Crippen LogP contribution in [0.15, 0.2) is 60.7 Å². The van der Waals surface area contributed by atoms with Crippen molar-refractivity contribution in [2.45, 2.75) is 19.9 Å². The second-order valence-electron chi connectivity index (χ2n) is 7.28. The molecule has 5 nitrogen and oxygen atoms in total. The molecule has 1 atom stereocenters. The Morgan fingerprint density at radius 2 is 1.43 bits per heavy atom. The third-order valence-electron chi connectivity index (χ3n) is 5.14. The molecule has 1 amide bonds. The summed E-state index contributed by atoms with van der Waals surface area (Å²) in [5.41, 5.74) is 2.74. The first-order chi connectivity index (χ1) is 14.3. The first-order valence-corrected chi connectivity index (χ1v) is 9.51. The summed E-state index contributed by atoms with van der Waals surface area (Å²) in [5, 5.41) is 5.69. The molecular weight excluding hydrogens is 383 g/mol. The van der Waals surface area contributed by atoms with Crippen LogP contribution in [0.5, 0.6) is 0 Å². The summed E-state index contributed by atoms with van der Waals surface area (Å²) in [4.78, 5) is 38.0. The molecule has 3 aromatic carbocycles. The lowest BCUT2D eigenvalue weighted by Crippen LogP contribution is -2.32. The number of ketones is 2. The third-order valence-corrected chi connectivity index (χ3v) is 5.14. The monoisotopic (exact) mass is 402 g/mol. The Bertz CT molecular complexity index is 1200. The van der Waals surface area contributed by atoms with Gasteiger partial charge in [0.25, 0.3) is 0 Å². The van der Waals surface area contributed by atoms with Gasteiger partial charge in [-0.15, -0.1) is 0 Å². The first-order valence-electron chi connectivity index (χ1n) is 9.51. The topological polar surface area (TPSA) is 75.3 Å². The first kappa shape index (κ1) is 19.5. The number of fused-ring (bicyclic) bond motifs is 2. The maximum atomic E-state index is 13.7. The van der Waals surface area contributed by atoms with Crippen molar-refractivity contribution in [3.05, 3.63) is 94.3 Å². The third kappa shape index (κ3) is 3.48. The number of carbonyl (C=O) groups excluding carboxylic acids is 3. The number of amides is 1. The van der Waals surface area contributed by atoms with Gasteiger partial charge in [-0.3, -0.25) is 14.4 Å². The molecule has 150 valence electrons. The van der Waals surface area contributed by atoms with E-state index in [0.29, 0.717) is 33.6 Å². The molecule has 0 aromatic heterocycles. The van der Waals surface area contributed by atoms with Crippen molar-refractivity contribution in [3.8, 4) is 0 Å². The van der Waals surface area contributed by atoms with Crippen LogP contribution in [0.25, 0.3) is 0 Å². The summed E-state index contributed by atoms with van der Waals surface area (Å²) >= 11 is 0. The Morgan fingerprint density at radius 3 is 2.10 bits per heavy atom. The number of hydrogen-bond donors (Lipinski definition) is 2. The van der Waals surface area contributed by atoms with E-state index in [1.54, 1.807) is 62.4 Å². The van der Waals surface area contributed by atoms with E-state index >= 15 is 0 Å². The van der Waals surface area contributed by atoms with Crippen LogP contribution in [0.4, 0.5) is 15.8 Å². The van der Waals surface area contributed by atoms with Gasteiger partial charge in [-0.2, -0.15) is 0 Å². The SMILES string of the molecule is Cc1ccc(N[C@@H](C)C(=O)Nc2ccc3c(c2)C(=O)c2ccccc2C3=O)cc1F. The quantitative estimate of drug-likeness (QED) is 0.532. The number of benzene rings is 3. The van der Waals surface area contributed by atoms with Gasteiger partial charge in [0, 0.05) is 33.6 Å². The lowest BCUT2D eigenvalue weighted by molar-refractivity contribution is -0.116. The van der Waals surface area contributed by atoms with Gasteiger partial charge in [0.2, 0.25) is 5.91 Å². The van der Waals surface area contributed by atoms with E-state index in [2.05, 4.69) is 10.6 Å². The van der Waals surface area contributed by atoms with Gasteiger partial charge >= 0.3 is 0 Å². The minimum atomic E-state index is -0.652. The molecule has 3 aromatic rings. The van der Waals surface area contributed by atoms with Crippen LogP contribution in [0.3, 0.4) is 0 Å². The van der Waals surface area contributed by atoms with Crippen LogP contribution < -0.4 is 10.6 Å². The molecular formula is C24H19FN2O3. The fourth-order valence-electron chi connectivity index (χ4n) is 3.43. The summed E-state index contributed by atoms with van der Waals surface area (Å²) in [6.07, 6.45) is 0. The second-order valence-corrected chi connectivity index (χ2v) is 7.28. The molecule has 0 spiro atoms. The van der Waals surface area contributed by atoms with Gasteiger partial charge in [0.15, 0.2) is 11.6 Å². The lowest BCUT2D eigenvalue weighted by Gasteiger charge is -2.19. The van der Waals surface area contributed by atoms with Crippen LogP contribution in [0.2, 0.25) is 0 Å². The molecule has 0 saturated carbocycles. The normalized spacial score (nSPS) is 13.3. The average molecular weight is 402 g/mol. The zero-order valence-electron chi connectivity index (χ0n) is 16.5. The predicted molar refractivity (Wildman–Crippen MR) is 113 cm³/mol. The zero-order chi connectivity index (χ0) is 21.4. The van der Waals surface area contributed by atoms with Crippen molar-refractivity contribution < 1.29 is 18.8 Å². The molecule has 6 heteroatoms. The maximum absolute atomic E-state index is 13.7. The van der Waals surface area contributed by atoms with Gasteiger partial charge in [-0.1, -0.05) is 30.3 Å². The van der Waals surface area contributed by atoms with Gasteiger partial charge in [-0.05, 0) is 49.7 Å². The number of hydrogen-bond acceptors (Lipinski definition) is 4. The fraction of sp³-hybridized carbons (Fsp3) is 0.125. The van der Waals surface area contributed by atoms with Crippen molar-refractivity contribution in [2.24, 2.45) is 0 Å². The summed E-state index contributed by atoms with van der Waals surface area (Å²) in [6.45, 7) is 3.31. The van der Waals surface area contributed by atoms with E-state index in [0.717, 1.165) is 0 Å². The molecule has 0 saturated heterocycles. The Balaban J connectivity index is 1.53. The molecule has 1 aliphatic carbocycles. The number of carbonyl (C=O) groups is 3. The Hall–Kier alpha value is -3.80. The molecule has 0 radical (unpaired) electrons. The largest absolute Gasteiger partial charge is 0.374 e. The van der Waals surface area contributed by atoms with Gasteiger partial charge in [-0.25, -0.2) is 4.39 Å². The van der Waals surface area contributed by atoms with E-state index in [9.17, 15) is 18.8 Å². The molecule has 30 heavy (non-hydrogen) atoms. The van der Waals surface area contributed by atoms with Crippen LogP contribution >= 0.6 is 0 Å². The second kappa shape index (κ2) is 7.55. The number of rotatable bonds is 4. The molecule has 0 unspecified atom stereocenters. The minimum absolute atomic E-state index is 0.213. The van der Waals surface area contributed by atoms with E-state index in [1.165, 1.54) is 12.1 Å². The fourth-order valence-corrected chi connectivity index (χ4v) is 3.43. The van der Waals surface area contributed by atoms with E-state index in [-0.39, 0.29) is 28.9 Å². The van der Waals surface area contributed by atoms with Gasteiger partial charge in [0.05, 0.1) is 0 Å².